The number of methoxy groups -OCH3 is 1. The number of fused-ring (bicyclic) bond motifs is 2. The maximum Gasteiger partial charge on any atom is 0.291 e. The number of hydrogen-bond acceptors (Lipinski definition) is 4. The highest BCUT2D eigenvalue weighted by molar-refractivity contribution is 6.05. The van der Waals surface area contributed by atoms with Crippen LogP contribution in [0.5, 0.6) is 0 Å². The van der Waals surface area contributed by atoms with Crippen LogP contribution in [0.1, 0.15) is 22.5 Å². The summed E-state index contributed by atoms with van der Waals surface area (Å²) in [6.07, 6.45) is 1.82. The van der Waals surface area contributed by atoms with Crippen molar-refractivity contribution >= 4 is 34.2 Å². The first kappa shape index (κ1) is 17.3. The normalized spacial score (nSPS) is 13.4. The van der Waals surface area contributed by atoms with E-state index in [1.807, 2.05) is 42.5 Å². The third kappa shape index (κ3) is 3.44. The standard InChI is InChI=1S/C21H20N2O4/c1-26-13-20(24)23-10-4-6-14-8-9-16(12-17(14)23)22-21(25)19-11-15-5-2-3-7-18(15)27-19/h2-3,5,7-9,11-12H,4,6,10,13H2,1H3,(H,22,25). The molecule has 2 heterocycles. The molecule has 1 aliphatic heterocycles. The molecule has 1 aliphatic rings. The fourth-order valence-corrected chi connectivity index (χ4v) is 3.40. The van der Waals surface area contributed by atoms with Crippen LogP contribution < -0.4 is 10.2 Å². The van der Waals surface area contributed by atoms with Crippen LogP contribution in [0.15, 0.2) is 52.9 Å². The molecule has 0 fully saturated rings. The Morgan fingerprint density at radius 3 is 2.85 bits per heavy atom. The van der Waals surface area contributed by atoms with Crippen molar-refractivity contribution in [3.8, 4) is 0 Å². The molecule has 0 aliphatic carbocycles. The predicted molar refractivity (Wildman–Crippen MR) is 103 cm³/mol. The molecule has 138 valence electrons. The van der Waals surface area contributed by atoms with Crippen molar-refractivity contribution in [2.45, 2.75) is 12.8 Å². The zero-order valence-corrected chi connectivity index (χ0v) is 15.0. The molecule has 6 heteroatoms. The number of nitrogens with one attached hydrogen (secondary N) is 1. The highest BCUT2D eigenvalue weighted by Crippen LogP contribution is 2.30. The van der Waals surface area contributed by atoms with Crippen LogP contribution in [0.3, 0.4) is 0 Å². The molecule has 0 spiro atoms. The third-order valence-electron chi connectivity index (χ3n) is 4.68. The Hall–Kier alpha value is -3.12. The highest BCUT2D eigenvalue weighted by atomic mass is 16.5. The summed E-state index contributed by atoms with van der Waals surface area (Å²) < 4.78 is 10.6. The van der Waals surface area contributed by atoms with Gasteiger partial charge in [-0.1, -0.05) is 24.3 Å². The maximum absolute atomic E-state index is 12.6. The number of para-hydroxylation sites is 1. The predicted octanol–water partition coefficient (Wildman–Crippen LogP) is 3.61. The highest BCUT2D eigenvalue weighted by Gasteiger charge is 2.23. The number of rotatable bonds is 4. The molecule has 6 nitrogen and oxygen atoms in total. The van der Waals surface area contributed by atoms with E-state index in [4.69, 9.17) is 9.15 Å². The van der Waals surface area contributed by atoms with E-state index in [1.54, 1.807) is 11.0 Å². The van der Waals surface area contributed by atoms with E-state index in [1.165, 1.54) is 7.11 Å². The number of hydrogen-bond donors (Lipinski definition) is 1. The summed E-state index contributed by atoms with van der Waals surface area (Å²) >= 11 is 0. The van der Waals surface area contributed by atoms with Crippen LogP contribution in [-0.4, -0.2) is 32.1 Å². The zero-order chi connectivity index (χ0) is 18.8. The molecule has 0 atom stereocenters. The Morgan fingerprint density at radius 1 is 1.19 bits per heavy atom. The van der Waals surface area contributed by atoms with Crippen LogP contribution in [-0.2, 0) is 16.0 Å². The third-order valence-corrected chi connectivity index (χ3v) is 4.68. The Morgan fingerprint density at radius 2 is 2.04 bits per heavy atom. The number of carbonyl (C=O) groups is 2. The van der Waals surface area contributed by atoms with Crippen molar-refractivity contribution in [3.63, 3.8) is 0 Å². The monoisotopic (exact) mass is 364 g/mol. The second kappa shape index (κ2) is 7.25. The van der Waals surface area contributed by atoms with Gasteiger partial charge < -0.3 is 19.4 Å². The molecule has 1 aromatic heterocycles. The molecule has 0 saturated carbocycles. The van der Waals surface area contributed by atoms with E-state index >= 15 is 0 Å². The van der Waals surface area contributed by atoms with Gasteiger partial charge >= 0.3 is 0 Å². The molecule has 2 aromatic carbocycles. The van der Waals surface area contributed by atoms with E-state index in [2.05, 4.69) is 5.32 Å². The van der Waals surface area contributed by atoms with Crippen LogP contribution in [0.25, 0.3) is 11.0 Å². The van der Waals surface area contributed by atoms with Crippen molar-refractivity contribution in [3.05, 3.63) is 59.9 Å². The molecule has 0 saturated heterocycles. The van der Waals surface area contributed by atoms with Crippen LogP contribution in [0.4, 0.5) is 11.4 Å². The minimum Gasteiger partial charge on any atom is -0.451 e. The molecule has 4 rings (SSSR count). The SMILES string of the molecule is COCC(=O)N1CCCc2ccc(NC(=O)c3cc4ccccc4o3)cc21. The Labute approximate surface area is 156 Å². The lowest BCUT2D eigenvalue weighted by atomic mass is 10.0. The minimum atomic E-state index is -0.322. The first-order valence-corrected chi connectivity index (χ1v) is 8.88. The number of benzene rings is 2. The molecule has 1 N–H and O–H groups in total. The number of aryl methyl sites for hydroxylation is 1. The van der Waals surface area contributed by atoms with Crippen LogP contribution in [0.2, 0.25) is 0 Å². The van der Waals surface area contributed by atoms with Crippen molar-refractivity contribution in [2.24, 2.45) is 0 Å². The minimum absolute atomic E-state index is 0.0367. The van der Waals surface area contributed by atoms with Crippen LogP contribution >= 0.6 is 0 Å². The number of furan rings is 1. The Bertz CT molecular complexity index is 975. The number of nitrogens with zero attached hydrogens (tertiary/aromatic N) is 1. The average molecular weight is 364 g/mol. The van der Waals surface area contributed by atoms with Gasteiger partial charge in [-0.15, -0.1) is 0 Å². The van der Waals surface area contributed by atoms with Gasteiger partial charge in [-0.05, 0) is 42.7 Å². The number of carbonyl (C=O) groups excluding carboxylic acids is 2. The average Bonchev–Trinajstić information content (AvgIpc) is 3.12. The summed E-state index contributed by atoms with van der Waals surface area (Å²) in [5, 5.41) is 3.74. The molecule has 27 heavy (non-hydrogen) atoms. The smallest absolute Gasteiger partial charge is 0.291 e. The number of anilines is 2. The van der Waals surface area contributed by atoms with Crippen molar-refractivity contribution in [1.82, 2.24) is 0 Å². The number of ether oxygens (including phenoxy) is 1. The van der Waals surface area contributed by atoms with Gasteiger partial charge in [0.15, 0.2) is 5.76 Å². The second-order valence-corrected chi connectivity index (χ2v) is 6.53. The summed E-state index contributed by atoms with van der Waals surface area (Å²) in [5.41, 5.74) is 3.21. The summed E-state index contributed by atoms with van der Waals surface area (Å²) in [5.74, 6) is -0.155. The molecule has 0 radical (unpaired) electrons. The van der Waals surface area contributed by atoms with Gasteiger partial charge in [0, 0.05) is 30.4 Å². The van der Waals surface area contributed by atoms with Gasteiger partial charge in [0.2, 0.25) is 0 Å². The Kier molecular flexibility index (Phi) is 4.64. The van der Waals surface area contributed by atoms with Gasteiger partial charge in [-0.2, -0.15) is 0 Å². The topological polar surface area (TPSA) is 71.8 Å². The van der Waals surface area contributed by atoms with E-state index in [-0.39, 0.29) is 24.2 Å². The number of amides is 2. The van der Waals surface area contributed by atoms with Gasteiger partial charge in [-0.25, -0.2) is 0 Å². The van der Waals surface area contributed by atoms with Gasteiger partial charge in [0.1, 0.15) is 12.2 Å². The first-order chi connectivity index (χ1) is 13.2. The van der Waals surface area contributed by atoms with Crippen molar-refractivity contribution in [1.29, 1.82) is 0 Å². The van der Waals surface area contributed by atoms with E-state index in [0.29, 0.717) is 17.8 Å². The molecule has 2 amide bonds. The zero-order valence-electron chi connectivity index (χ0n) is 15.0. The van der Waals surface area contributed by atoms with E-state index in [0.717, 1.165) is 29.5 Å². The summed E-state index contributed by atoms with van der Waals surface area (Å²) in [4.78, 5) is 26.6. The molecule has 3 aromatic rings. The largest absolute Gasteiger partial charge is 0.451 e. The lowest BCUT2D eigenvalue weighted by molar-refractivity contribution is -0.122. The van der Waals surface area contributed by atoms with E-state index in [9.17, 15) is 9.59 Å². The van der Waals surface area contributed by atoms with E-state index < -0.39 is 0 Å². The Balaban J connectivity index is 1.58. The molecular weight excluding hydrogens is 344 g/mol. The second-order valence-electron chi connectivity index (χ2n) is 6.53. The maximum atomic E-state index is 12.6. The lowest BCUT2D eigenvalue weighted by Gasteiger charge is -2.29. The summed E-state index contributed by atoms with van der Waals surface area (Å²) in [7, 11) is 1.51. The van der Waals surface area contributed by atoms with Gasteiger partial charge in [-0.3, -0.25) is 9.59 Å². The molecular formula is C21H20N2O4. The van der Waals surface area contributed by atoms with Gasteiger partial charge in [0.25, 0.3) is 11.8 Å². The van der Waals surface area contributed by atoms with Crippen LogP contribution in [0, 0.1) is 0 Å². The fraction of sp³-hybridized carbons (Fsp3) is 0.238. The quantitative estimate of drug-likeness (QED) is 0.768. The lowest BCUT2D eigenvalue weighted by Crippen LogP contribution is -2.37. The molecule has 0 unspecified atom stereocenters. The first-order valence-electron chi connectivity index (χ1n) is 8.88. The van der Waals surface area contributed by atoms with Crippen molar-refractivity contribution < 1.29 is 18.7 Å². The fourth-order valence-electron chi connectivity index (χ4n) is 3.40. The van der Waals surface area contributed by atoms with Gasteiger partial charge in [0.05, 0.1) is 0 Å². The molecule has 0 bridgehead atoms. The summed E-state index contributed by atoms with van der Waals surface area (Å²) in [6, 6.07) is 14.8. The van der Waals surface area contributed by atoms with Crippen molar-refractivity contribution in [2.75, 3.05) is 30.5 Å². The summed E-state index contributed by atoms with van der Waals surface area (Å²) in [6.45, 7) is 0.686.